The number of aromatic carboxylic acids is 2. The molecule has 1 aromatic heterocycles. The number of carboxylic acids is 2. The predicted octanol–water partition coefficient (Wildman–Crippen LogP) is 4.79. The van der Waals surface area contributed by atoms with Gasteiger partial charge in [0.05, 0.1) is 22.2 Å². The van der Waals surface area contributed by atoms with Crippen LogP contribution < -0.4 is 0 Å². The van der Waals surface area contributed by atoms with Crippen LogP contribution >= 0.6 is 11.6 Å². The molecule has 0 fully saturated rings. The fraction of sp³-hybridized carbons (Fsp3) is 0.286. The van der Waals surface area contributed by atoms with Crippen LogP contribution in [0.15, 0.2) is 30.3 Å². The molecule has 0 aliphatic rings. The van der Waals surface area contributed by atoms with Crippen molar-refractivity contribution >= 4 is 34.6 Å². The molecular weight excluding hydrogens is 380 g/mol. The number of benzene rings is 2. The Hall–Kier alpha value is -2.86. The molecule has 2 aromatic carbocycles. The Labute approximate surface area is 167 Å². The number of aromatic nitrogens is 2. The normalized spacial score (nSPS) is 11.1. The Kier molecular flexibility index (Phi) is 5.70. The maximum absolute atomic E-state index is 11.9. The summed E-state index contributed by atoms with van der Waals surface area (Å²) in [6.07, 6.45) is 2.63. The average Bonchev–Trinajstić information content (AvgIpc) is 3.01. The molecule has 0 saturated carbocycles. The fourth-order valence-electron chi connectivity index (χ4n) is 3.24. The first-order valence-corrected chi connectivity index (χ1v) is 9.45. The van der Waals surface area contributed by atoms with Crippen molar-refractivity contribution in [2.24, 2.45) is 0 Å². The third kappa shape index (κ3) is 3.73. The second-order valence-corrected chi connectivity index (χ2v) is 7.16. The lowest BCUT2D eigenvalue weighted by Gasteiger charge is -2.12. The number of fused-ring (bicyclic) bond motifs is 1. The van der Waals surface area contributed by atoms with Crippen molar-refractivity contribution in [3.05, 3.63) is 63.4 Å². The zero-order valence-electron chi connectivity index (χ0n) is 15.7. The van der Waals surface area contributed by atoms with Crippen LogP contribution in [0, 0.1) is 6.92 Å². The van der Waals surface area contributed by atoms with E-state index in [1.807, 2.05) is 11.5 Å². The van der Waals surface area contributed by atoms with Gasteiger partial charge in [-0.3, -0.25) is 0 Å². The van der Waals surface area contributed by atoms with E-state index in [-0.39, 0.29) is 11.1 Å². The summed E-state index contributed by atoms with van der Waals surface area (Å²) in [4.78, 5) is 27.7. The van der Waals surface area contributed by atoms with Gasteiger partial charge in [-0.2, -0.15) is 0 Å². The van der Waals surface area contributed by atoms with Crippen molar-refractivity contribution in [1.82, 2.24) is 9.55 Å². The second-order valence-electron chi connectivity index (χ2n) is 6.75. The molecule has 28 heavy (non-hydrogen) atoms. The van der Waals surface area contributed by atoms with Crippen LogP contribution in [0.4, 0.5) is 0 Å². The van der Waals surface area contributed by atoms with Gasteiger partial charge in [0.15, 0.2) is 0 Å². The standard InChI is InChI=1S/C21H21ClN2O4/c1-3-4-5-17-23-18-12(2)16(22)10-15(21(27)28)19(18)24(17)11-13-6-8-14(9-7-13)20(25)26/h6-10H,3-5,11H2,1-2H3,(H,25,26)(H,27,28). The smallest absolute Gasteiger partial charge is 0.337 e. The number of aryl methyl sites for hydroxylation is 2. The highest BCUT2D eigenvalue weighted by molar-refractivity contribution is 6.33. The minimum absolute atomic E-state index is 0.114. The van der Waals surface area contributed by atoms with Crippen LogP contribution in [0.5, 0.6) is 0 Å². The molecule has 1 heterocycles. The summed E-state index contributed by atoms with van der Waals surface area (Å²) in [6, 6.07) is 8.03. The van der Waals surface area contributed by atoms with Crippen LogP contribution in [0.3, 0.4) is 0 Å². The van der Waals surface area contributed by atoms with Crippen molar-refractivity contribution < 1.29 is 19.8 Å². The number of carbonyl (C=O) groups is 2. The largest absolute Gasteiger partial charge is 0.478 e. The van der Waals surface area contributed by atoms with Gasteiger partial charge in [0.2, 0.25) is 0 Å². The monoisotopic (exact) mass is 400 g/mol. The van der Waals surface area contributed by atoms with Gasteiger partial charge in [0.25, 0.3) is 0 Å². The van der Waals surface area contributed by atoms with E-state index >= 15 is 0 Å². The van der Waals surface area contributed by atoms with Crippen molar-refractivity contribution in [2.75, 3.05) is 0 Å². The highest BCUT2D eigenvalue weighted by Gasteiger charge is 2.21. The quantitative estimate of drug-likeness (QED) is 0.595. The summed E-state index contributed by atoms with van der Waals surface area (Å²) in [5.74, 6) is -1.25. The summed E-state index contributed by atoms with van der Waals surface area (Å²) in [5.41, 5.74) is 3.08. The minimum Gasteiger partial charge on any atom is -0.478 e. The van der Waals surface area contributed by atoms with E-state index in [1.165, 1.54) is 6.07 Å². The number of halogens is 1. The number of carboxylic acid groups (broad SMARTS) is 2. The summed E-state index contributed by atoms with van der Waals surface area (Å²) in [6.45, 7) is 4.32. The van der Waals surface area contributed by atoms with Gasteiger partial charge in [-0.25, -0.2) is 14.6 Å². The lowest BCUT2D eigenvalue weighted by Crippen LogP contribution is -2.09. The van der Waals surface area contributed by atoms with E-state index < -0.39 is 11.9 Å². The second kappa shape index (κ2) is 8.02. The molecule has 7 heteroatoms. The molecule has 0 aliphatic heterocycles. The number of imidazole rings is 1. The Morgan fingerprint density at radius 2 is 1.82 bits per heavy atom. The SMILES string of the molecule is CCCCc1nc2c(C)c(Cl)cc(C(=O)O)c2n1Cc1ccc(C(=O)O)cc1. The van der Waals surface area contributed by atoms with Crippen molar-refractivity contribution in [2.45, 2.75) is 39.7 Å². The molecule has 0 amide bonds. The first kappa shape index (κ1) is 19.9. The molecule has 0 spiro atoms. The summed E-state index contributed by atoms with van der Waals surface area (Å²) >= 11 is 6.24. The Bertz CT molecular complexity index is 1050. The summed E-state index contributed by atoms with van der Waals surface area (Å²) in [7, 11) is 0. The first-order chi connectivity index (χ1) is 13.3. The highest BCUT2D eigenvalue weighted by Crippen LogP contribution is 2.31. The van der Waals surface area contributed by atoms with Gasteiger partial charge >= 0.3 is 11.9 Å². The van der Waals surface area contributed by atoms with Gasteiger partial charge in [-0.05, 0) is 42.7 Å². The molecule has 0 saturated heterocycles. The molecule has 2 N–H and O–H groups in total. The molecule has 3 rings (SSSR count). The van der Waals surface area contributed by atoms with E-state index in [2.05, 4.69) is 6.92 Å². The molecule has 6 nitrogen and oxygen atoms in total. The molecule has 146 valence electrons. The molecule has 0 bridgehead atoms. The molecule has 0 unspecified atom stereocenters. The van der Waals surface area contributed by atoms with Crippen LogP contribution in [0.2, 0.25) is 5.02 Å². The van der Waals surface area contributed by atoms with Crippen LogP contribution in [0.1, 0.15) is 57.4 Å². The topological polar surface area (TPSA) is 92.4 Å². The van der Waals surface area contributed by atoms with E-state index in [0.717, 1.165) is 29.8 Å². The summed E-state index contributed by atoms with van der Waals surface area (Å²) in [5, 5.41) is 19.2. The third-order valence-electron chi connectivity index (χ3n) is 4.81. The lowest BCUT2D eigenvalue weighted by molar-refractivity contribution is 0.0686. The van der Waals surface area contributed by atoms with Gasteiger partial charge < -0.3 is 14.8 Å². The number of nitrogens with zero attached hydrogens (tertiary/aromatic N) is 2. The van der Waals surface area contributed by atoms with Crippen molar-refractivity contribution in [1.29, 1.82) is 0 Å². The maximum Gasteiger partial charge on any atom is 0.337 e. The van der Waals surface area contributed by atoms with Gasteiger partial charge in [-0.15, -0.1) is 0 Å². The number of hydrogen-bond acceptors (Lipinski definition) is 3. The Balaban J connectivity index is 2.18. The molecule has 0 aliphatic carbocycles. The van der Waals surface area contributed by atoms with Crippen LogP contribution in [-0.2, 0) is 13.0 Å². The lowest BCUT2D eigenvalue weighted by atomic mass is 10.1. The highest BCUT2D eigenvalue weighted by atomic mass is 35.5. The van der Waals surface area contributed by atoms with Gasteiger partial charge in [0.1, 0.15) is 5.82 Å². The average molecular weight is 401 g/mol. The number of rotatable bonds is 7. The van der Waals surface area contributed by atoms with Gasteiger partial charge in [-0.1, -0.05) is 37.1 Å². The van der Waals surface area contributed by atoms with Gasteiger partial charge in [0, 0.05) is 18.0 Å². The minimum atomic E-state index is -1.06. The Morgan fingerprint density at radius 1 is 1.14 bits per heavy atom. The predicted molar refractivity (Wildman–Crippen MR) is 108 cm³/mol. The molecule has 3 aromatic rings. The Morgan fingerprint density at radius 3 is 2.39 bits per heavy atom. The zero-order chi connectivity index (χ0) is 20.4. The number of unbranched alkanes of at least 4 members (excludes halogenated alkanes) is 1. The number of hydrogen-bond donors (Lipinski definition) is 2. The molecule has 0 atom stereocenters. The van der Waals surface area contributed by atoms with Crippen molar-refractivity contribution in [3.63, 3.8) is 0 Å². The summed E-state index contributed by atoms with van der Waals surface area (Å²) < 4.78 is 1.91. The fourth-order valence-corrected chi connectivity index (χ4v) is 3.44. The van der Waals surface area contributed by atoms with E-state index in [4.69, 9.17) is 21.7 Å². The maximum atomic E-state index is 11.9. The van der Waals surface area contributed by atoms with E-state index in [9.17, 15) is 14.7 Å². The van der Waals surface area contributed by atoms with E-state index in [0.29, 0.717) is 29.0 Å². The first-order valence-electron chi connectivity index (χ1n) is 9.07. The third-order valence-corrected chi connectivity index (χ3v) is 5.20. The van der Waals surface area contributed by atoms with Crippen molar-refractivity contribution in [3.8, 4) is 0 Å². The zero-order valence-corrected chi connectivity index (χ0v) is 16.5. The van der Waals surface area contributed by atoms with E-state index in [1.54, 1.807) is 24.3 Å². The van der Waals surface area contributed by atoms with Crippen LogP contribution in [0.25, 0.3) is 11.0 Å². The van der Waals surface area contributed by atoms with Crippen LogP contribution in [-0.4, -0.2) is 31.7 Å². The molecular formula is C21H21ClN2O4. The molecule has 0 radical (unpaired) electrons.